The van der Waals surface area contributed by atoms with Crippen LogP contribution in [0.3, 0.4) is 0 Å². The molecule has 1 aromatic heterocycles. The second-order valence-electron chi connectivity index (χ2n) is 3.23. The Kier molecular flexibility index (Phi) is 5.00. The first-order valence-electron chi connectivity index (χ1n) is 4.88. The van der Waals surface area contributed by atoms with Crippen molar-refractivity contribution < 1.29 is 19.5 Å². The van der Waals surface area contributed by atoms with Gasteiger partial charge in [0.2, 0.25) is 0 Å². The fraction of sp³-hybridized carbons (Fsp3) is 0.200. The van der Waals surface area contributed by atoms with Crippen LogP contribution in [0.5, 0.6) is 0 Å². The molecule has 1 heterocycles. The lowest BCUT2D eigenvalue weighted by molar-refractivity contribution is -0.131. The first-order valence-corrected chi connectivity index (χ1v) is 5.76. The number of nitrogens with zero attached hydrogens (tertiary/aromatic N) is 1. The van der Waals surface area contributed by atoms with E-state index in [1.807, 2.05) is 17.6 Å². The summed E-state index contributed by atoms with van der Waals surface area (Å²) in [7, 11) is 0. The molecule has 0 fully saturated rings. The molecule has 0 saturated carbocycles. The maximum Gasteiger partial charge on any atom is 0.328 e. The summed E-state index contributed by atoms with van der Waals surface area (Å²) in [5.74, 6) is -2.06. The number of carbonyl (C=O) groups excluding carboxylic acids is 2. The van der Waals surface area contributed by atoms with Gasteiger partial charge in [0.05, 0.1) is 6.54 Å². The fourth-order valence-electron chi connectivity index (χ4n) is 0.985. The normalized spacial score (nSPS) is 10.3. The van der Waals surface area contributed by atoms with Gasteiger partial charge >= 0.3 is 12.0 Å². The van der Waals surface area contributed by atoms with E-state index in [-0.39, 0.29) is 6.54 Å². The molecule has 0 bridgehead atoms. The number of aryl methyl sites for hydroxylation is 1. The van der Waals surface area contributed by atoms with Crippen molar-refractivity contribution in [1.82, 2.24) is 15.6 Å². The van der Waals surface area contributed by atoms with E-state index < -0.39 is 17.9 Å². The molecule has 96 valence electrons. The molecule has 0 unspecified atom stereocenters. The topological polar surface area (TPSA) is 108 Å². The van der Waals surface area contributed by atoms with Crippen LogP contribution in [0.2, 0.25) is 0 Å². The van der Waals surface area contributed by atoms with Crippen LogP contribution in [-0.2, 0) is 16.1 Å². The van der Waals surface area contributed by atoms with Crippen LogP contribution in [-0.4, -0.2) is 28.0 Å². The van der Waals surface area contributed by atoms with Crippen LogP contribution in [0.1, 0.15) is 10.7 Å². The zero-order chi connectivity index (χ0) is 13.5. The van der Waals surface area contributed by atoms with Crippen molar-refractivity contribution in [1.29, 1.82) is 0 Å². The van der Waals surface area contributed by atoms with Gasteiger partial charge in [-0.1, -0.05) is 0 Å². The number of carbonyl (C=O) groups is 3. The minimum absolute atomic E-state index is 0.209. The number of amides is 3. The number of nitrogens with one attached hydrogen (secondary N) is 2. The highest BCUT2D eigenvalue weighted by Gasteiger charge is 2.06. The zero-order valence-corrected chi connectivity index (χ0v) is 10.3. The monoisotopic (exact) mass is 269 g/mol. The predicted octanol–water partition coefficient (Wildman–Crippen LogP) is 0.418. The number of aliphatic carboxylic acids is 1. The summed E-state index contributed by atoms with van der Waals surface area (Å²) in [6.07, 6.45) is 1.41. The second-order valence-corrected chi connectivity index (χ2v) is 4.17. The van der Waals surface area contributed by atoms with Crippen molar-refractivity contribution >= 4 is 29.2 Å². The molecule has 8 heteroatoms. The maximum atomic E-state index is 11.2. The molecule has 0 radical (unpaired) electrons. The Bertz CT molecular complexity index is 495. The lowest BCUT2D eigenvalue weighted by Crippen LogP contribution is -2.38. The molecule has 0 spiro atoms. The standard InChI is InChI=1S/C10H11N3O4S/c1-6-5-18-8(12-6)4-11-10(17)13-7(14)2-3-9(15)16/h2-3,5H,4H2,1H3,(H,15,16)(H2,11,13,14,17). The molecule has 3 amide bonds. The van der Waals surface area contributed by atoms with E-state index in [2.05, 4.69) is 10.3 Å². The summed E-state index contributed by atoms with van der Waals surface area (Å²) in [5, 5.41) is 15.2. The maximum absolute atomic E-state index is 11.2. The molecule has 1 aromatic rings. The first-order chi connectivity index (χ1) is 8.47. The van der Waals surface area contributed by atoms with Gasteiger partial charge in [-0.15, -0.1) is 11.3 Å². The number of thiazole rings is 1. The van der Waals surface area contributed by atoms with Crippen molar-refractivity contribution in [3.05, 3.63) is 28.2 Å². The summed E-state index contributed by atoms with van der Waals surface area (Å²) in [5.41, 5.74) is 0.859. The largest absolute Gasteiger partial charge is 0.478 e. The quantitative estimate of drug-likeness (QED) is 0.686. The minimum Gasteiger partial charge on any atom is -0.478 e. The molecular weight excluding hydrogens is 258 g/mol. The predicted molar refractivity (Wildman–Crippen MR) is 64.0 cm³/mol. The van der Waals surface area contributed by atoms with Crippen LogP contribution < -0.4 is 10.6 Å². The van der Waals surface area contributed by atoms with Gasteiger partial charge in [-0.2, -0.15) is 0 Å². The van der Waals surface area contributed by atoms with Gasteiger partial charge in [-0.05, 0) is 6.92 Å². The fourth-order valence-corrected chi connectivity index (χ4v) is 1.70. The first kappa shape index (κ1) is 13.8. The highest BCUT2D eigenvalue weighted by molar-refractivity contribution is 7.09. The lowest BCUT2D eigenvalue weighted by atomic mass is 10.5. The van der Waals surface area contributed by atoms with Crippen molar-refractivity contribution in [3.8, 4) is 0 Å². The lowest BCUT2D eigenvalue weighted by Gasteiger charge is -2.02. The summed E-state index contributed by atoms with van der Waals surface area (Å²) in [4.78, 5) is 36.5. The molecule has 1 rings (SSSR count). The van der Waals surface area contributed by atoms with E-state index in [1.54, 1.807) is 0 Å². The van der Waals surface area contributed by atoms with Crippen LogP contribution in [0.15, 0.2) is 17.5 Å². The van der Waals surface area contributed by atoms with E-state index in [0.717, 1.165) is 16.8 Å². The highest BCUT2D eigenvalue weighted by atomic mass is 32.1. The Balaban J connectivity index is 2.33. The molecule has 0 aliphatic rings. The zero-order valence-electron chi connectivity index (χ0n) is 9.47. The molecule has 0 saturated heterocycles. The van der Waals surface area contributed by atoms with E-state index in [0.29, 0.717) is 6.08 Å². The molecule has 3 N–H and O–H groups in total. The smallest absolute Gasteiger partial charge is 0.328 e. The average molecular weight is 269 g/mol. The number of hydrogen-bond donors (Lipinski definition) is 3. The van der Waals surface area contributed by atoms with E-state index in [9.17, 15) is 14.4 Å². The summed E-state index contributed by atoms with van der Waals surface area (Å²) in [6, 6.07) is -0.706. The van der Waals surface area contributed by atoms with Gasteiger partial charge in [0.15, 0.2) is 0 Å². The third-order valence-corrected chi connectivity index (χ3v) is 2.65. The Morgan fingerprint density at radius 1 is 1.44 bits per heavy atom. The Morgan fingerprint density at radius 2 is 2.17 bits per heavy atom. The third kappa shape index (κ3) is 5.21. The van der Waals surface area contributed by atoms with E-state index in [1.165, 1.54) is 11.3 Å². The van der Waals surface area contributed by atoms with Gasteiger partial charge < -0.3 is 10.4 Å². The van der Waals surface area contributed by atoms with Crippen molar-refractivity contribution in [2.45, 2.75) is 13.5 Å². The van der Waals surface area contributed by atoms with Crippen molar-refractivity contribution in [2.24, 2.45) is 0 Å². The highest BCUT2D eigenvalue weighted by Crippen LogP contribution is 2.07. The van der Waals surface area contributed by atoms with Crippen LogP contribution in [0, 0.1) is 6.92 Å². The summed E-state index contributed by atoms with van der Waals surface area (Å²) >= 11 is 1.39. The molecular formula is C10H11N3O4S. The van der Waals surface area contributed by atoms with Crippen molar-refractivity contribution in [2.75, 3.05) is 0 Å². The average Bonchev–Trinajstić information content (AvgIpc) is 2.70. The SMILES string of the molecule is Cc1csc(CNC(=O)NC(=O)C=CC(=O)O)n1. The molecule has 0 aromatic carbocycles. The van der Waals surface area contributed by atoms with Gasteiger partial charge in [-0.25, -0.2) is 14.6 Å². The van der Waals surface area contributed by atoms with Crippen LogP contribution in [0.25, 0.3) is 0 Å². The molecule has 0 atom stereocenters. The molecule has 7 nitrogen and oxygen atoms in total. The number of carboxylic acid groups (broad SMARTS) is 1. The van der Waals surface area contributed by atoms with Gasteiger partial charge in [0, 0.05) is 23.2 Å². The van der Waals surface area contributed by atoms with Gasteiger partial charge in [-0.3, -0.25) is 10.1 Å². The van der Waals surface area contributed by atoms with E-state index >= 15 is 0 Å². The number of hydrogen-bond acceptors (Lipinski definition) is 5. The Hall–Kier alpha value is -2.22. The molecule has 0 aliphatic carbocycles. The number of rotatable bonds is 4. The number of aromatic nitrogens is 1. The summed E-state index contributed by atoms with van der Waals surface area (Å²) < 4.78 is 0. The third-order valence-electron chi connectivity index (χ3n) is 1.68. The number of urea groups is 1. The van der Waals surface area contributed by atoms with Gasteiger partial charge in [0.25, 0.3) is 5.91 Å². The molecule has 18 heavy (non-hydrogen) atoms. The van der Waals surface area contributed by atoms with Gasteiger partial charge in [0.1, 0.15) is 5.01 Å². The molecule has 0 aliphatic heterocycles. The van der Waals surface area contributed by atoms with Crippen LogP contribution >= 0.6 is 11.3 Å². The van der Waals surface area contributed by atoms with E-state index in [4.69, 9.17) is 5.11 Å². The van der Waals surface area contributed by atoms with Crippen molar-refractivity contribution in [3.63, 3.8) is 0 Å². The Morgan fingerprint density at radius 3 is 2.72 bits per heavy atom. The number of imide groups is 1. The number of carboxylic acids is 1. The van der Waals surface area contributed by atoms with Crippen LogP contribution in [0.4, 0.5) is 4.79 Å². The Labute approximate surface area is 107 Å². The minimum atomic E-state index is -1.26. The second kappa shape index (κ2) is 6.50. The summed E-state index contributed by atoms with van der Waals surface area (Å²) in [6.45, 7) is 2.04.